The third-order valence-corrected chi connectivity index (χ3v) is 4.53. The number of rotatable bonds is 4. The number of amides is 1. The topological polar surface area (TPSA) is 68.5 Å². The fourth-order valence-electron chi connectivity index (χ4n) is 2.90. The number of para-hydroxylation sites is 1. The van der Waals surface area contributed by atoms with Crippen LogP contribution in [-0.2, 0) is 0 Å². The molecule has 1 heterocycles. The van der Waals surface area contributed by atoms with Crippen LogP contribution in [0.4, 0.5) is 5.69 Å². The lowest BCUT2D eigenvalue weighted by Crippen LogP contribution is -2.21. The van der Waals surface area contributed by atoms with Crippen molar-refractivity contribution in [1.29, 1.82) is 0 Å². The molecule has 4 rings (SSSR count). The summed E-state index contributed by atoms with van der Waals surface area (Å²) >= 11 is 6.09. The van der Waals surface area contributed by atoms with Crippen molar-refractivity contribution in [2.75, 3.05) is 5.32 Å². The van der Waals surface area contributed by atoms with Crippen LogP contribution in [0.5, 0.6) is 11.5 Å². The van der Waals surface area contributed by atoms with Crippen LogP contribution in [0.1, 0.15) is 15.9 Å². The lowest BCUT2D eigenvalue weighted by atomic mass is 10.1. The van der Waals surface area contributed by atoms with Gasteiger partial charge in [0.2, 0.25) is 0 Å². The van der Waals surface area contributed by atoms with E-state index in [0.717, 1.165) is 5.56 Å². The Hall–Kier alpha value is -3.57. The Balaban J connectivity index is 1.68. The zero-order chi connectivity index (χ0) is 20.4. The molecule has 1 N–H and O–H groups in total. The molecule has 0 aliphatic rings. The molecule has 0 saturated carbocycles. The van der Waals surface area contributed by atoms with Gasteiger partial charge in [0.05, 0.1) is 5.69 Å². The van der Waals surface area contributed by atoms with Crippen molar-refractivity contribution in [3.63, 3.8) is 0 Å². The summed E-state index contributed by atoms with van der Waals surface area (Å²) < 4.78 is 11.1. The minimum absolute atomic E-state index is 0.103. The molecule has 5 nitrogen and oxygen atoms in total. The van der Waals surface area contributed by atoms with Gasteiger partial charge in [0, 0.05) is 10.4 Å². The smallest absolute Gasteiger partial charge is 0.349 e. The molecule has 4 aromatic rings. The van der Waals surface area contributed by atoms with Crippen LogP contribution in [0.15, 0.2) is 82.0 Å². The second kappa shape index (κ2) is 7.81. The van der Waals surface area contributed by atoms with Gasteiger partial charge in [-0.05, 0) is 55.5 Å². The number of ether oxygens (including phenoxy) is 1. The van der Waals surface area contributed by atoms with Crippen LogP contribution in [0, 0.1) is 6.92 Å². The maximum Gasteiger partial charge on any atom is 0.349 e. The number of hydrogen-bond acceptors (Lipinski definition) is 4. The highest BCUT2D eigenvalue weighted by atomic mass is 35.5. The number of halogens is 1. The zero-order valence-electron chi connectivity index (χ0n) is 15.4. The SMILES string of the molecule is Cc1ccc2oc(=O)c(C(=O)Nc3cc(Cl)ccc3Oc3ccccc3)cc2c1. The van der Waals surface area contributed by atoms with E-state index in [1.54, 1.807) is 36.4 Å². The highest BCUT2D eigenvalue weighted by Gasteiger charge is 2.17. The molecule has 0 saturated heterocycles. The highest BCUT2D eigenvalue weighted by molar-refractivity contribution is 6.31. The molecule has 0 spiro atoms. The van der Waals surface area contributed by atoms with Gasteiger partial charge in [-0.3, -0.25) is 4.79 Å². The number of nitrogens with one attached hydrogen (secondary N) is 1. The van der Waals surface area contributed by atoms with Gasteiger partial charge in [-0.25, -0.2) is 4.79 Å². The van der Waals surface area contributed by atoms with Crippen LogP contribution in [0.2, 0.25) is 5.02 Å². The molecule has 144 valence electrons. The Morgan fingerprint density at radius 3 is 2.59 bits per heavy atom. The molecule has 3 aromatic carbocycles. The number of benzene rings is 3. The summed E-state index contributed by atoms with van der Waals surface area (Å²) in [5.41, 5.74) is 0.939. The van der Waals surface area contributed by atoms with Gasteiger partial charge >= 0.3 is 5.63 Å². The molecule has 1 aromatic heterocycles. The maximum atomic E-state index is 12.8. The molecule has 0 unspecified atom stereocenters. The van der Waals surface area contributed by atoms with Gasteiger partial charge in [0.1, 0.15) is 16.9 Å². The fraction of sp³-hybridized carbons (Fsp3) is 0.0435. The lowest BCUT2D eigenvalue weighted by Gasteiger charge is -2.13. The van der Waals surface area contributed by atoms with Crippen LogP contribution in [0.3, 0.4) is 0 Å². The number of carbonyl (C=O) groups is 1. The standard InChI is InChI=1S/C23H16ClNO4/c1-14-7-9-20-15(11-14)12-18(23(27)29-20)22(26)25-19-13-16(24)8-10-21(19)28-17-5-3-2-4-6-17/h2-13H,1H3,(H,25,26). The minimum Gasteiger partial charge on any atom is -0.455 e. The van der Waals surface area contributed by atoms with Crippen LogP contribution < -0.4 is 15.7 Å². The van der Waals surface area contributed by atoms with Gasteiger partial charge in [0.25, 0.3) is 5.91 Å². The lowest BCUT2D eigenvalue weighted by molar-refractivity contribution is 0.102. The molecule has 0 bridgehead atoms. The van der Waals surface area contributed by atoms with Crippen LogP contribution >= 0.6 is 11.6 Å². The number of aryl methyl sites for hydroxylation is 1. The summed E-state index contributed by atoms with van der Waals surface area (Å²) in [5.74, 6) is 0.392. The maximum absolute atomic E-state index is 12.8. The molecular weight excluding hydrogens is 390 g/mol. The Bertz CT molecular complexity index is 1270. The summed E-state index contributed by atoms with van der Waals surface area (Å²) in [6, 6.07) is 20.9. The first-order valence-corrected chi connectivity index (χ1v) is 9.26. The van der Waals surface area contributed by atoms with E-state index in [1.807, 2.05) is 37.3 Å². The second-order valence-electron chi connectivity index (χ2n) is 6.50. The van der Waals surface area contributed by atoms with Gasteiger partial charge in [-0.15, -0.1) is 0 Å². The Kier molecular flexibility index (Phi) is 5.06. The molecule has 29 heavy (non-hydrogen) atoms. The fourth-order valence-corrected chi connectivity index (χ4v) is 3.07. The van der Waals surface area contributed by atoms with Crippen molar-refractivity contribution in [3.8, 4) is 11.5 Å². The van der Waals surface area contributed by atoms with E-state index in [9.17, 15) is 9.59 Å². The summed E-state index contributed by atoms with van der Waals surface area (Å²) in [6.45, 7) is 1.92. The summed E-state index contributed by atoms with van der Waals surface area (Å²) in [7, 11) is 0. The Morgan fingerprint density at radius 1 is 1.00 bits per heavy atom. The predicted molar refractivity (Wildman–Crippen MR) is 113 cm³/mol. The van der Waals surface area contributed by atoms with Crippen LogP contribution in [-0.4, -0.2) is 5.91 Å². The van der Waals surface area contributed by atoms with E-state index >= 15 is 0 Å². The van der Waals surface area contributed by atoms with Crippen molar-refractivity contribution >= 4 is 34.2 Å². The zero-order valence-corrected chi connectivity index (χ0v) is 16.2. The molecule has 0 aliphatic heterocycles. The third kappa shape index (κ3) is 4.15. The molecule has 0 aliphatic carbocycles. The van der Waals surface area contributed by atoms with Gasteiger partial charge in [-0.1, -0.05) is 41.4 Å². The summed E-state index contributed by atoms with van der Waals surface area (Å²) in [6.07, 6.45) is 0. The molecule has 6 heteroatoms. The summed E-state index contributed by atoms with van der Waals surface area (Å²) in [5, 5.41) is 3.79. The Labute approximate surface area is 171 Å². The van der Waals surface area contributed by atoms with Crippen molar-refractivity contribution < 1.29 is 13.9 Å². The van der Waals surface area contributed by atoms with Crippen LogP contribution in [0.25, 0.3) is 11.0 Å². The van der Waals surface area contributed by atoms with E-state index in [4.69, 9.17) is 20.8 Å². The molecule has 0 fully saturated rings. The number of anilines is 1. The Morgan fingerprint density at radius 2 is 1.79 bits per heavy atom. The predicted octanol–water partition coefficient (Wildman–Crippen LogP) is 5.80. The van der Waals surface area contributed by atoms with E-state index in [0.29, 0.717) is 33.2 Å². The molecule has 1 amide bonds. The normalized spacial score (nSPS) is 10.7. The second-order valence-corrected chi connectivity index (χ2v) is 6.93. The first kappa shape index (κ1) is 18.8. The van der Waals surface area contributed by atoms with E-state index in [1.165, 1.54) is 6.07 Å². The molecular formula is C23H16ClNO4. The average Bonchev–Trinajstić information content (AvgIpc) is 2.70. The molecule has 0 atom stereocenters. The number of carbonyl (C=O) groups excluding carboxylic acids is 1. The monoisotopic (exact) mass is 405 g/mol. The number of fused-ring (bicyclic) bond motifs is 1. The third-order valence-electron chi connectivity index (χ3n) is 4.29. The minimum atomic E-state index is -0.716. The van der Waals surface area contributed by atoms with Crippen molar-refractivity contribution in [3.05, 3.63) is 99.4 Å². The largest absolute Gasteiger partial charge is 0.455 e. The van der Waals surface area contributed by atoms with Gasteiger partial charge < -0.3 is 14.5 Å². The van der Waals surface area contributed by atoms with E-state index < -0.39 is 11.5 Å². The van der Waals surface area contributed by atoms with Crippen molar-refractivity contribution in [2.45, 2.75) is 6.92 Å². The average molecular weight is 406 g/mol. The van der Waals surface area contributed by atoms with E-state index in [-0.39, 0.29) is 5.56 Å². The highest BCUT2D eigenvalue weighted by Crippen LogP contribution is 2.32. The quantitative estimate of drug-likeness (QED) is 0.436. The van der Waals surface area contributed by atoms with Crippen molar-refractivity contribution in [1.82, 2.24) is 0 Å². The van der Waals surface area contributed by atoms with Gasteiger partial charge in [0.15, 0.2) is 5.75 Å². The van der Waals surface area contributed by atoms with Gasteiger partial charge in [-0.2, -0.15) is 0 Å². The van der Waals surface area contributed by atoms with E-state index in [2.05, 4.69) is 5.32 Å². The molecule has 0 radical (unpaired) electrons. The number of hydrogen-bond donors (Lipinski definition) is 1. The summed E-state index contributed by atoms with van der Waals surface area (Å²) in [4.78, 5) is 25.1. The first-order chi connectivity index (χ1) is 14.0. The van der Waals surface area contributed by atoms with Crippen molar-refractivity contribution in [2.24, 2.45) is 0 Å². The first-order valence-electron chi connectivity index (χ1n) is 8.88.